The summed E-state index contributed by atoms with van der Waals surface area (Å²) in [4.78, 5) is 40.5. The molecule has 0 saturated carbocycles. The Morgan fingerprint density at radius 3 is 1.23 bits per heavy atom. The van der Waals surface area contributed by atoms with Crippen LogP contribution < -0.4 is 4.90 Å². The topological polar surface area (TPSA) is 94.5 Å². The lowest BCUT2D eigenvalue weighted by Gasteiger charge is -2.26. The maximum absolute atomic E-state index is 11.2. The number of nitrogens with zero attached hydrogens (tertiary/aromatic N) is 2. The highest BCUT2D eigenvalue weighted by molar-refractivity contribution is 14.2. The number of carbonyl (C=O) groups is 3. The van der Waals surface area contributed by atoms with Crippen molar-refractivity contribution in [3.8, 4) is 0 Å². The Kier molecular flexibility index (Phi) is 11.7. The maximum atomic E-state index is 11.2. The summed E-state index contributed by atoms with van der Waals surface area (Å²) < 4.78 is 12.6. The highest BCUT2D eigenvalue weighted by atomic mass is 127. The fourth-order valence-corrected chi connectivity index (χ4v) is 5.99. The van der Waals surface area contributed by atoms with E-state index in [1.807, 2.05) is 86.6 Å². The minimum absolute atomic E-state index is 0.266. The number of oxime groups is 1. The smallest absolute Gasteiger partial charge is 0.331 e. The second kappa shape index (κ2) is 14.9. The first-order chi connectivity index (χ1) is 19.0. The van der Waals surface area contributed by atoms with E-state index in [1.165, 1.54) is 20.8 Å². The molecule has 10 heteroatoms. The summed E-state index contributed by atoms with van der Waals surface area (Å²) in [5.41, 5.74) is 6.29. The number of carbonyl (C=O) groups excluding carboxylic acids is 3. The molecular weight excluding hydrogens is 738 g/mol. The van der Waals surface area contributed by atoms with Crippen molar-refractivity contribution in [3.05, 3.63) is 89.5 Å². The highest BCUT2D eigenvalue weighted by Crippen LogP contribution is 2.35. The van der Waals surface area contributed by atoms with Gasteiger partial charge in [0.25, 0.3) is 0 Å². The first-order valence-electron chi connectivity index (χ1n) is 12.2. The summed E-state index contributed by atoms with van der Waals surface area (Å²) in [6.07, 6.45) is 0. The molecule has 0 aliphatic rings. The van der Waals surface area contributed by atoms with Gasteiger partial charge in [-0.2, -0.15) is 0 Å². The van der Waals surface area contributed by atoms with E-state index in [2.05, 4.69) is 10.1 Å². The molecule has 0 unspecified atom stereocenters. The van der Waals surface area contributed by atoms with Crippen LogP contribution in [0.2, 0.25) is 0 Å². The highest BCUT2D eigenvalue weighted by Gasteiger charge is 2.14. The van der Waals surface area contributed by atoms with Gasteiger partial charge < -0.3 is 15.9 Å². The Labute approximate surface area is 254 Å². The molecule has 8 nitrogen and oxygen atoms in total. The van der Waals surface area contributed by atoms with Gasteiger partial charge in [-0.25, -0.2) is 4.79 Å². The van der Waals surface area contributed by atoms with E-state index in [-0.39, 0.29) is 11.9 Å². The molecule has 0 bridgehead atoms. The predicted octanol–water partition coefficient (Wildman–Crippen LogP) is 7.42. The number of halogens is 2. The molecule has 0 aliphatic heterocycles. The molecule has 40 heavy (non-hydrogen) atoms. The molecule has 0 fully saturated rings. The molecule has 0 aliphatic carbocycles. The van der Waals surface area contributed by atoms with Gasteiger partial charge in [-0.1, -0.05) is 41.6 Å². The zero-order valence-corrected chi connectivity index (χ0v) is 27.3. The van der Waals surface area contributed by atoms with E-state index in [9.17, 15) is 14.4 Å². The average Bonchev–Trinajstić information content (AvgIpc) is 2.94. The summed E-state index contributed by atoms with van der Waals surface area (Å²) in [6, 6.07) is 24.1. The molecule has 0 N–H and O–H groups in total. The minimum Gasteiger partial charge on any atom is -0.403 e. The van der Waals surface area contributed by atoms with Crippen LogP contribution in [0.25, 0.3) is 0 Å². The fraction of sp³-hybridized carbons (Fsp3) is 0.200. The third kappa shape index (κ3) is 9.15. The fourth-order valence-electron chi connectivity index (χ4n) is 3.48. The van der Waals surface area contributed by atoms with Crippen molar-refractivity contribution in [1.29, 1.82) is 0 Å². The quantitative estimate of drug-likeness (QED) is 0.0969. The Balaban J connectivity index is 2.00. The minimum atomic E-state index is -0.828. The number of benzene rings is 3. The Bertz CT molecular complexity index is 1280. The van der Waals surface area contributed by atoms with Crippen molar-refractivity contribution in [2.75, 3.05) is 4.90 Å². The van der Waals surface area contributed by atoms with Gasteiger partial charge in [0, 0.05) is 44.9 Å². The van der Waals surface area contributed by atoms with Crippen molar-refractivity contribution in [3.63, 3.8) is 0 Å². The lowest BCUT2D eigenvalue weighted by atomic mass is 10.1. The average molecular weight is 768 g/mol. The van der Waals surface area contributed by atoms with Gasteiger partial charge in [0.15, 0.2) is 0 Å². The van der Waals surface area contributed by atoms with Gasteiger partial charge in [0.2, 0.25) is 0 Å². The van der Waals surface area contributed by atoms with Crippen molar-refractivity contribution in [2.45, 2.75) is 41.5 Å². The van der Waals surface area contributed by atoms with E-state index >= 15 is 0 Å². The van der Waals surface area contributed by atoms with Crippen molar-refractivity contribution < 1.29 is 25.4 Å². The second-order valence-corrected chi connectivity index (χ2v) is 13.6. The lowest BCUT2D eigenvalue weighted by molar-refractivity contribution is -0.141. The SMILES string of the molecule is CC(=O)O/N=C(/C)c1ccc(N(c2ccc(C(C)=IOC(C)=O)cc2)c2ccc(C(C)=IOC(C)=O)cc2)cc1. The van der Waals surface area contributed by atoms with Crippen molar-refractivity contribution >= 4 is 90.0 Å². The standard InChI is InChI=1S/C30H30I2N2O6/c1-19(31-38-22(4)35)25-7-13-28(14-8-25)34(29-15-9-26(10-16-29)20(2)32-39-23(5)36)30-17-11-27(12-18-30)21(3)33-40-24(6)37/h7-18H,1-6H3/b33-21-. The Hall–Kier alpha value is -3.26. The van der Waals surface area contributed by atoms with Crippen LogP contribution >= 0.6 is 42.3 Å². The second-order valence-electron chi connectivity index (χ2n) is 8.59. The molecule has 210 valence electrons. The van der Waals surface area contributed by atoms with E-state index in [0.29, 0.717) is 5.71 Å². The Morgan fingerprint density at radius 2 is 0.900 bits per heavy atom. The van der Waals surface area contributed by atoms with Crippen LogP contribution in [0.3, 0.4) is 0 Å². The van der Waals surface area contributed by atoms with Gasteiger partial charge in [-0.15, -0.1) is 0 Å². The molecule has 0 saturated heterocycles. The zero-order valence-electron chi connectivity index (χ0n) is 23.0. The molecule has 0 radical (unpaired) electrons. The van der Waals surface area contributed by atoms with Gasteiger partial charge in [-0.05, 0) is 73.9 Å². The van der Waals surface area contributed by atoms with Gasteiger partial charge in [0.1, 0.15) is 42.3 Å². The van der Waals surface area contributed by atoms with Crippen molar-refractivity contribution in [2.24, 2.45) is 5.16 Å². The molecule has 3 aromatic carbocycles. The number of hydrogen-bond acceptors (Lipinski definition) is 8. The van der Waals surface area contributed by atoms with Crippen LogP contribution in [0.5, 0.6) is 0 Å². The molecule has 0 spiro atoms. The Morgan fingerprint density at radius 1 is 0.550 bits per heavy atom. The molecule has 3 rings (SSSR count). The summed E-state index contributed by atoms with van der Waals surface area (Å²) >= 11 is -1.66. The summed E-state index contributed by atoms with van der Waals surface area (Å²) in [7, 11) is 0. The lowest BCUT2D eigenvalue weighted by Crippen LogP contribution is -2.11. The van der Waals surface area contributed by atoms with Crippen LogP contribution in [0.4, 0.5) is 17.1 Å². The van der Waals surface area contributed by atoms with E-state index < -0.39 is 48.3 Å². The summed E-state index contributed by atoms with van der Waals surface area (Å²) in [5, 5.41) is 3.88. The number of anilines is 3. The molecule has 0 amide bonds. The maximum Gasteiger partial charge on any atom is 0.331 e. The first kappa shape index (κ1) is 31.3. The molecular formula is C30H30I2N2O6. The normalized spacial score (nSPS) is 12.4. The van der Waals surface area contributed by atoms with Crippen LogP contribution in [0.15, 0.2) is 78.0 Å². The van der Waals surface area contributed by atoms with Gasteiger partial charge in [-0.3, -0.25) is 9.59 Å². The molecule has 0 heterocycles. The molecule has 0 atom stereocenters. The number of rotatable bonds is 9. The third-order valence-electron chi connectivity index (χ3n) is 5.43. The van der Waals surface area contributed by atoms with Crippen LogP contribution in [-0.2, 0) is 25.4 Å². The van der Waals surface area contributed by atoms with Gasteiger partial charge in [0.05, 0.1) is 5.71 Å². The van der Waals surface area contributed by atoms with E-state index in [4.69, 9.17) is 11.0 Å². The first-order valence-corrected chi connectivity index (χ1v) is 16.1. The molecule has 3 aromatic rings. The zero-order chi connectivity index (χ0) is 29.2. The monoisotopic (exact) mass is 768 g/mol. The molecule has 0 aromatic heterocycles. The van der Waals surface area contributed by atoms with Crippen molar-refractivity contribution in [1.82, 2.24) is 0 Å². The summed E-state index contributed by atoms with van der Waals surface area (Å²) in [5.74, 6) is -1.01. The number of hydrogen-bond donors (Lipinski definition) is 0. The summed E-state index contributed by atoms with van der Waals surface area (Å²) in [6.45, 7) is 9.90. The third-order valence-corrected chi connectivity index (χ3v) is 9.67. The van der Waals surface area contributed by atoms with Gasteiger partial charge >= 0.3 is 17.9 Å². The van der Waals surface area contributed by atoms with E-state index in [1.54, 1.807) is 6.92 Å². The largest absolute Gasteiger partial charge is 0.403 e. The van der Waals surface area contributed by atoms with E-state index in [0.717, 1.165) is 40.8 Å². The predicted molar refractivity (Wildman–Crippen MR) is 176 cm³/mol. The van der Waals surface area contributed by atoms with Crippen LogP contribution in [0.1, 0.15) is 58.2 Å². The van der Waals surface area contributed by atoms with Crippen LogP contribution in [0, 0.1) is 0 Å². The van der Waals surface area contributed by atoms with Crippen LogP contribution in [-0.4, -0.2) is 30.6 Å².